The highest BCUT2D eigenvalue weighted by molar-refractivity contribution is 7.89. The predicted octanol–water partition coefficient (Wildman–Crippen LogP) is 2.65. The topological polar surface area (TPSA) is 90.2 Å². The lowest BCUT2D eigenvalue weighted by atomic mass is 10.2. The highest BCUT2D eigenvalue weighted by atomic mass is 32.2. The summed E-state index contributed by atoms with van der Waals surface area (Å²) in [5, 5.41) is 19.2. The third-order valence-electron chi connectivity index (χ3n) is 4.86. The van der Waals surface area contributed by atoms with E-state index in [0.717, 1.165) is 15.7 Å². The van der Waals surface area contributed by atoms with E-state index in [1.54, 1.807) is 24.3 Å². The van der Waals surface area contributed by atoms with E-state index in [2.05, 4.69) is 10.2 Å². The number of aromatic nitrogens is 2. The summed E-state index contributed by atoms with van der Waals surface area (Å²) >= 11 is 1.45. The van der Waals surface area contributed by atoms with Crippen LogP contribution >= 0.6 is 11.3 Å². The maximum Gasteiger partial charge on any atom is 0.244 e. The van der Waals surface area contributed by atoms with Gasteiger partial charge in [0, 0.05) is 32.6 Å². The van der Waals surface area contributed by atoms with Crippen LogP contribution in [0.5, 0.6) is 0 Å². The molecular formula is C20H18FN5O2S2. The van der Waals surface area contributed by atoms with E-state index >= 15 is 0 Å². The predicted molar refractivity (Wildman–Crippen MR) is 111 cm³/mol. The van der Waals surface area contributed by atoms with Gasteiger partial charge in [-0.05, 0) is 29.8 Å². The molecule has 0 bridgehead atoms. The maximum atomic E-state index is 13.0. The normalized spacial score (nSPS) is 15.1. The van der Waals surface area contributed by atoms with Crippen LogP contribution in [0.15, 0.2) is 53.4 Å². The van der Waals surface area contributed by atoms with E-state index in [0.29, 0.717) is 32.6 Å². The molecular weight excluding hydrogens is 425 g/mol. The first kappa shape index (κ1) is 20.4. The molecule has 4 rings (SSSR count). The van der Waals surface area contributed by atoms with Crippen LogP contribution in [-0.2, 0) is 16.4 Å². The summed E-state index contributed by atoms with van der Waals surface area (Å²) in [4.78, 5) is 2.05. The van der Waals surface area contributed by atoms with Crippen LogP contribution in [-0.4, -0.2) is 49.1 Å². The van der Waals surface area contributed by atoms with Crippen LogP contribution in [0, 0.1) is 17.1 Å². The molecule has 1 aliphatic rings. The van der Waals surface area contributed by atoms with Crippen LogP contribution in [0.1, 0.15) is 16.1 Å². The SMILES string of the molecule is N#Cc1ccccc1S(=O)(=O)N1CCN(c2nnc(Cc3ccc(F)cc3)s2)CC1. The van der Waals surface area contributed by atoms with Gasteiger partial charge in [0.15, 0.2) is 0 Å². The third-order valence-corrected chi connectivity index (χ3v) is 7.80. The summed E-state index contributed by atoms with van der Waals surface area (Å²) in [6.45, 7) is 1.57. The molecule has 1 saturated heterocycles. The van der Waals surface area contributed by atoms with Crippen molar-refractivity contribution in [3.8, 4) is 6.07 Å². The molecule has 0 radical (unpaired) electrons. The van der Waals surface area contributed by atoms with Crippen molar-refractivity contribution in [1.29, 1.82) is 5.26 Å². The average Bonchev–Trinajstić information content (AvgIpc) is 3.24. The molecule has 7 nitrogen and oxygen atoms in total. The molecule has 0 spiro atoms. The molecule has 0 N–H and O–H groups in total. The first-order chi connectivity index (χ1) is 14.5. The van der Waals surface area contributed by atoms with E-state index in [4.69, 9.17) is 0 Å². The Morgan fingerprint density at radius 3 is 2.43 bits per heavy atom. The highest BCUT2D eigenvalue weighted by Crippen LogP contribution is 2.26. The number of sulfonamides is 1. The van der Waals surface area contributed by atoms with Gasteiger partial charge in [-0.1, -0.05) is 35.6 Å². The van der Waals surface area contributed by atoms with Crippen molar-refractivity contribution in [2.24, 2.45) is 0 Å². The van der Waals surface area contributed by atoms with Crippen molar-refractivity contribution in [2.45, 2.75) is 11.3 Å². The van der Waals surface area contributed by atoms with Crippen LogP contribution < -0.4 is 4.90 Å². The Bertz CT molecular complexity index is 1180. The van der Waals surface area contributed by atoms with E-state index < -0.39 is 10.0 Å². The summed E-state index contributed by atoms with van der Waals surface area (Å²) in [6, 6.07) is 14.5. The van der Waals surface area contributed by atoms with Gasteiger partial charge in [-0.15, -0.1) is 10.2 Å². The number of piperazine rings is 1. The second-order valence-electron chi connectivity index (χ2n) is 6.78. The van der Waals surface area contributed by atoms with Gasteiger partial charge < -0.3 is 4.90 Å². The smallest absolute Gasteiger partial charge is 0.244 e. The van der Waals surface area contributed by atoms with E-state index in [9.17, 15) is 18.1 Å². The fraction of sp³-hybridized carbons (Fsp3) is 0.250. The summed E-state index contributed by atoms with van der Waals surface area (Å²) in [5.74, 6) is -0.276. The third kappa shape index (κ3) is 4.18. The lowest BCUT2D eigenvalue weighted by molar-refractivity contribution is 0.384. The maximum absolute atomic E-state index is 13.0. The van der Waals surface area contributed by atoms with Gasteiger partial charge in [0.2, 0.25) is 15.2 Å². The van der Waals surface area contributed by atoms with Gasteiger partial charge in [0.25, 0.3) is 0 Å². The molecule has 1 aliphatic heterocycles. The fourth-order valence-electron chi connectivity index (χ4n) is 3.26. The molecule has 10 heteroatoms. The first-order valence-corrected chi connectivity index (χ1v) is 11.5. The first-order valence-electron chi connectivity index (χ1n) is 9.28. The van der Waals surface area contributed by atoms with Crippen LogP contribution in [0.25, 0.3) is 0 Å². The number of rotatable bonds is 5. The van der Waals surface area contributed by atoms with E-state index in [-0.39, 0.29) is 16.3 Å². The Kier molecular flexibility index (Phi) is 5.76. The van der Waals surface area contributed by atoms with Crippen molar-refractivity contribution >= 4 is 26.5 Å². The van der Waals surface area contributed by atoms with Crippen LogP contribution in [0.4, 0.5) is 9.52 Å². The molecule has 0 unspecified atom stereocenters. The van der Waals surface area contributed by atoms with Crippen molar-refractivity contribution in [3.05, 3.63) is 70.5 Å². The Morgan fingerprint density at radius 2 is 1.73 bits per heavy atom. The zero-order valence-corrected chi connectivity index (χ0v) is 17.5. The molecule has 0 atom stereocenters. The van der Waals surface area contributed by atoms with E-state index in [1.165, 1.54) is 39.9 Å². The Balaban J connectivity index is 1.42. The minimum absolute atomic E-state index is 0.0402. The number of benzene rings is 2. The summed E-state index contributed by atoms with van der Waals surface area (Å²) in [5.41, 5.74) is 1.10. The van der Waals surface area contributed by atoms with Crippen molar-refractivity contribution < 1.29 is 12.8 Å². The molecule has 0 aliphatic carbocycles. The molecule has 30 heavy (non-hydrogen) atoms. The minimum Gasteiger partial charge on any atom is -0.344 e. The molecule has 0 saturated carbocycles. The lowest BCUT2D eigenvalue weighted by Crippen LogP contribution is -2.48. The van der Waals surface area contributed by atoms with E-state index in [1.807, 2.05) is 11.0 Å². The summed E-state index contributed by atoms with van der Waals surface area (Å²) in [7, 11) is -3.73. The van der Waals surface area contributed by atoms with Crippen molar-refractivity contribution in [3.63, 3.8) is 0 Å². The van der Waals surface area contributed by atoms with Crippen molar-refractivity contribution in [2.75, 3.05) is 31.1 Å². The van der Waals surface area contributed by atoms with Gasteiger partial charge in [0.1, 0.15) is 16.9 Å². The minimum atomic E-state index is -3.73. The van der Waals surface area contributed by atoms with Crippen molar-refractivity contribution in [1.82, 2.24) is 14.5 Å². The number of halogens is 1. The monoisotopic (exact) mass is 443 g/mol. The molecule has 1 fully saturated rings. The molecule has 154 valence electrons. The summed E-state index contributed by atoms with van der Waals surface area (Å²) < 4.78 is 40.3. The molecule has 2 heterocycles. The largest absolute Gasteiger partial charge is 0.344 e. The van der Waals surface area contributed by atoms with Gasteiger partial charge in [-0.3, -0.25) is 0 Å². The number of hydrogen-bond donors (Lipinski definition) is 0. The quantitative estimate of drug-likeness (QED) is 0.602. The lowest BCUT2D eigenvalue weighted by Gasteiger charge is -2.33. The molecule has 1 aromatic heterocycles. The Morgan fingerprint density at radius 1 is 1.03 bits per heavy atom. The standard InChI is InChI=1S/C20H18FN5O2S2/c21-17-7-5-15(6-8-17)13-19-23-24-20(29-19)25-9-11-26(12-10-25)30(27,28)18-4-2-1-3-16(18)14-22/h1-8H,9-13H2. The average molecular weight is 444 g/mol. The second-order valence-corrected chi connectivity index (χ2v) is 9.73. The Hall–Kier alpha value is -2.87. The van der Waals surface area contributed by atoms with Crippen LogP contribution in [0.2, 0.25) is 0 Å². The molecule has 2 aromatic carbocycles. The van der Waals surface area contributed by atoms with Gasteiger partial charge in [-0.25, -0.2) is 12.8 Å². The highest BCUT2D eigenvalue weighted by Gasteiger charge is 2.31. The number of anilines is 1. The van der Waals surface area contributed by atoms with Crippen LogP contribution in [0.3, 0.4) is 0 Å². The molecule has 0 amide bonds. The number of hydrogen-bond acceptors (Lipinski definition) is 7. The number of nitriles is 1. The second kappa shape index (κ2) is 8.47. The Labute approximate surface area is 178 Å². The van der Waals surface area contributed by atoms with Gasteiger partial charge >= 0.3 is 0 Å². The number of nitrogens with zero attached hydrogens (tertiary/aromatic N) is 5. The molecule has 3 aromatic rings. The zero-order chi connectivity index (χ0) is 21.1. The zero-order valence-electron chi connectivity index (χ0n) is 15.9. The van der Waals surface area contributed by atoms with Gasteiger partial charge in [-0.2, -0.15) is 9.57 Å². The fourth-order valence-corrected chi connectivity index (χ4v) is 5.75. The summed E-state index contributed by atoms with van der Waals surface area (Å²) in [6.07, 6.45) is 0.567. The van der Waals surface area contributed by atoms with Gasteiger partial charge in [0.05, 0.1) is 10.5 Å².